The molecular formula is C29H40N2O3S. The molecule has 3 heterocycles. The van der Waals surface area contributed by atoms with Crippen LogP contribution in [-0.4, -0.2) is 82.3 Å². The van der Waals surface area contributed by atoms with Gasteiger partial charge in [0.2, 0.25) is 0 Å². The fourth-order valence-corrected chi connectivity index (χ4v) is 5.58. The number of likely N-dealkylation sites (tertiary alicyclic amines) is 2. The number of rotatable bonds is 10. The van der Waals surface area contributed by atoms with Crippen LogP contribution in [0.3, 0.4) is 0 Å². The Hall–Kier alpha value is -2.01. The molecule has 6 heteroatoms. The number of ether oxygens (including phenoxy) is 2. The number of aldehydes is 1. The van der Waals surface area contributed by atoms with Crippen LogP contribution in [0.15, 0.2) is 30.3 Å². The third-order valence-corrected chi connectivity index (χ3v) is 7.97. The maximum atomic E-state index is 11.1. The summed E-state index contributed by atoms with van der Waals surface area (Å²) in [5.74, 6) is 3.07. The maximum Gasteiger partial charge on any atom is 0.160 e. The first-order valence-corrected chi connectivity index (χ1v) is 13.6. The predicted molar refractivity (Wildman–Crippen MR) is 145 cm³/mol. The van der Waals surface area contributed by atoms with Crippen molar-refractivity contribution in [2.75, 3.05) is 66.2 Å². The van der Waals surface area contributed by atoms with Crippen LogP contribution in [0.2, 0.25) is 0 Å². The molecule has 0 saturated carbocycles. The summed E-state index contributed by atoms with van der Waals surface area (Å²) in [5, 5.41) is 0. The molecular weight excluding hydrogens is 456 g/mol. The number of carbonyl (C=O) groups excluding carboxylic acids is 1. The van der Waals surface area contributed by atoms with E-state index in [1.165, 1.54) is 49.9 Å². The molecule has 0 amide bonds. The fourth-order valence-electron chi connectivity index (χ4n) is 4.58. The normalized spacial score (nSPS) is 17.1. The second kappa shape index (κ2) is 15.2. The van der Waals surface area contributed by atoms with Crippen molar-refractivity contribution in [1.82, 2.24) is 9.80 Å². The molecule has 4 rings (SSSR count). The molecule has 2 fully saturated rings. The van der Waals surface area contributed by atoms with Crippen molar-refractivity contribution in [2.24, 2.45) is 0 Å². The molecule has 2 aliphatic heterocycles. The number of hydrogen-bond acceptors (Lipinski definition) is 6. The highest BCUT2D eigenvalue weighted by atomic mass is 32.1. The molecule has 1 aromatic heterocycles. The Kier molecular flexibility index (Phi) is 12.0. The lowest BCUT2D eigenvalue weighted by atomic mass is 9.89. The van der Waals surface area contributed by atoms with Gasteiger partial charge in [0.15, 0.2) is 6.29 Å². The van der Waals surface area contributed by atoms with Crippen LogP contribution >= 0.6 is 11.3 Å². The van der Waals surface area contributed by atoms with Gasteiger partial charge in [-0.2, -0.15) is 0 Å². The summed E-state index contributed by atoms with van der Waals surface area (Å²) in [4.78, 5) is 17.9. The van der Waals surface area contributed by atoms with E-state index in [9.17, 15) is 4.79 Å². The van der Waals surface area contributed by atoms with E-state index in [-0.39, 0.29) is 0 Å². The molecule has 0 N–H and O–H groups in total. The summed E-state index contributed by atoms with van der Waals surface area (Å²) in [7, 11) is 2.17. The van der Waals surface area contributed by atoms with E-state index >= 15 is 0 Å². The Morgan fingerprint density at radius 3 is 2.31 bits per heavy atom. The Morgan fingerprint density at radius 2 is 1.74 bits per heavy atom. The SMILES string of the molecule is C#CCOCCOCCN1CCC(c2ccc(-c3cc(C)c(C=O)s3)cc2)CC1.CN1CCCC1. The summed E-state index contributed by atoms with van der Waals surface area (Å²) < 4.78 is 10.8. The Labute approximate surface area is 215 Å². The zero-order chi connectivity index (χ0) is 24.9. The molecule has 35 heavy (non-hydrogen) atoms. The molecule has 0 radical (unpaired) electrons. The van der Waals surface area contributed by atoms with Gasteiger partial charge in [-0.05, 0) is 94.5 Å². The number of aryl methyl sites for hydroxylation is 1. The fraction of sp³-hybridized carbons (Fsp3) is 0.552. The van der Waals surface area contributed by atoms with E-state index in [1.54, 1.807) is 11.3 Å². The number of carbonyl (C=O) groups is 1. The molecule has 2 saturated heterocycles. The van der Waals surface area contributed by atoms with Gasteiger partial charge in [0.25, 0.3) is 0 Å². The van der Waals surface area contributed by atoms with Crippen molar-refractivity contribution in [3.05, 3.63) is 46.3 Å². The Bertz CT molecular complexity index is 920. The van der Waals surface area contributed by atoms with Crippen molar-refractivity contribution in [2.45, 2.75) is 38.5 Å². The van der Waals surface area contributed by atoms with Gasteiger partial charge in [0.05, 0.1) is 24.7 Å². The standard InChI is InChI=1S/C24H29NO3S.C5H11N/c1-3-13-27-15-16-28-14-12-25-10-8-21(9-11-25)20-4-6-22(7-5-20)23-17-19(2)24(18-26)29-23;1-6-4-2-3-5-6/h1,4-7,17-18,21H,8-16H2,2H3;2-5H2,1H3. The number of thiophene rings is 1. The van der Waals surface area contributed by atoms with E-state index in [4.69, 9.17) is 15.9 Å². The number of nitrogens with zero attached hydrogens (tertiary/aromatic N) is 2. The van der Waals surface area contributed by atoms with E-state index in [1.807, 2.05) is 6.92 Å². The van der Waals surface area contributed by atoms with Crippen LogP contribution in [0.5, 0.6) is 0 Å². The van der Waals surface area contributed by atoms with Crippen LogP contribution < -0.4 is 0 Å². The van der Waals surface area contributed by atoms with E-state index in [0.29, 0.717) is 25.7 Å². The van der Waals surface area contributed by atoms with E-state index in [0.717, 1.165) is 47.8 Å². The first-order chi connectivity index (χ1) is 17.1. The van der Waals surface area contributed by atoms with Crippen LogP contribution in [0.4, 0.5) is 0 Å². The maximum absolute atomic E-state index is 11.1. The number of terminal acetylenes is 1. The average Bonchev–Trinajstić information content (AvgIpc) is 3.52. The van der Waals surface area contributed by atoms with Gasteiger partial charge in [0, 0.05) is 11.4 Å². The zero-order valence-electron chi connectivity index (χ0n) is 21.3. The lowest BCUT2D eigenvalue weighted by molar-refractivity contribution is 0.0454. The highest BCUT2D eigenvalue weighted by Crippen LogP contribution is 2.33. The van der Waals surface area contributed by atoms with Crippen LogP contribution in [0.25, 0.3) is 10.4 Å². The third-order valence-electron chi connectivity index (χ3n) is 6.76. The summed E-state index contributed by atoms with van der Waals surface area (Å²) >= 11 is 1.57. The van der Waals surface area contributed by atoms with Crippen molar-refractivity contribution >= 4 is 17.6 Å². The molecule has 0 bridgehead atoms. The topological polar surface area (TPSA) is 42.0 Å². The van der Waals surface area contributed by atoms with Gasteiger partial charge < -0.3 is 19.3 Å². The summed E-state index contributed by atoms with van der Waals surface area (Å²) in [6.07, 6.45) is 11.3. The van der Waals surface area contributed by atoms with Crippen molar-refractivity contribution in [1.29, 1.82) is 0 Å². The molecule has 0 aliphatic carbocycles. The lowest BCUT2D eigenvalue weighted by Gasteiger charge is -2.32. The lowest BCUT2D eigenvalue weighted by Crippen LogP contribution is -2.35. The Morgan fingerprint density at radius 1 is 1.06 bits per heavy atom. The smallest absolute Gasteiger partial charge is 0.160 e. The van der Waals surface area contributed by atoms with Crippen LogP contribution in [-0.2, 0) is 9.47 Å². The van der Waals surface area contributed by atoms with Gasteiger partial charge in [-0.3, -0.25) is 4.79 Å². The van der Waals surface area contributed by atoms with Gasteiger partial charge >= 0.3 is 0 Å². The van der Waals surface area contributed by atoms with Gasteiger partial charge in [-0.15, -0.1) is 17.8 Å². The van der Waals surface area contributed by atoms with E-state index < -0.39 is 0 Å². The molecule has 5 nitrogen and oxygen atoms in total. The Balaban J connectivity index is 0.000000497. The van der Waals surface area contributed by atoms with Crippen LogP contribution in [0, 0.1) is 19.3 Å². The minimum absolute atomic E-state index is 0.352. The molecule has 2 aliphatic rings. The molecule has 0 atom stereocenters. The monoisotopic (exact) mass is 496 g/mol. The minimum Gasteiger partial charge on any atom is -0.378 e. The van der Waals surface area contributed by atoms with Gasteiger partial charge in [0.1, 0.15) is 6.61 Å². The molecule has 190 valence electrons. The van der Waals surface area contributed by atoms with Crippen molar-refractivity contribution in [3.8, 4) is 22.8 Å². The molecule has 0 spiro atoms. The van der Waals surface area contributed by atoms with E-state index in [2.05, 4.69) is 53.1 Å². The first-order valence-electron chi connectivity index (χ1n) is 12.8. The number of piperidine rings is 1. The minimum atomic E-state index is 0.352. The van der Waals surface area contributed by atoms with Gasteiger partial charge in [-0.1, -0.05) is 30.2 Å². The second-order valence-electron chi connectivity index (χ2n) is 9.39. The summed E-state index contributed by atoms with van der Waals surface area (Å²) in [5.41, 5.74) is 3.66. The van der Waals surface area contributed by atoms with Crippen molar-refractivity contribution < 1.29 is 14.3 Å². The highest BCUT2D eigenvalue weighted by Gasteiger charge is 2.20. The first kappa shape index (κ1) is 27.6. The summed E-state index contributed by atoms with van der Waals surface area (Å²) in [6.45, 7) is 10.1. The zero-order valence-corrected chi connectivity index (χ0v) is 22.2. The second-order valence-corrected chi connectivity index (χ2v) is 10.5. The molecule has 1 aromatic carbocycles. The molecule has 0 unspecified atom stereocenters. The molecule has 2 aromatic rings. The summed E-state index contributed by atoms with van der Waals surface area (Å²) in [6, 6.07) is 11.0. The number of benzene rings is 1. The van der Waals surface area contributed by atoms with Crippen molar-refractivity contribution in [3.63, 3.8) is 0 Å². The third kappa shape index (κ3) is 9.18. The highest BCUT2D eigenvalue weighted by molar-refractivity contribution is 7.17. The largest absolute Gasteiger partial charge is 0.378 e. The predicted octanol–water partition coefficient (Wildman–Crippen LogP) is 5.09. The quantitative estimate of drug-likeness (QED) is 0.260. The average molecular weight is 497 g/mol. The van der Waals surface area contributed by atoms with Gasteiger partial charge in [-0.25, -0.2) is 0 Å². The number of hydrogen-bond donors (Lipinski definition) is 0. The van der Waals surface area contributed by atoms with Crippen LogP contribution in [0.1, 0.15) is 52.4 Å².